The highest BCUT2D eigenvalue weighted by molar-refractivity contribution is 7.89. The second kappa shape index (κ2) is 7.95. The molecule has 7 heteroatoms. The molecule has 1 saturated heterocycles. The van der Waals surface area contributed by atoms with Crippen LogP contribution in [0.15, 0.2) is 0 Å². The molecule has 20 heavy (non-hydrogen) atoms. The Labute approximate surface area is 122 Å². The number of rotatable bonds is 8. The first-order chi connectivity index (χ1) is 9.44. The lowest BCUT2D eigenvalue weighted by molar-refractivity contribution is -0.140. The van der Waals surface area contributed by atoms with E-state index in [1.807, 2.05) is 0 Å². The van der Waals surface area contributed by atoms with Crippen molar-refractivity contribution in [2.24, 2.45) is 0 Å². The third-order valence-electron chi connectivity index (χ3n) is 3.86. The lowest BCUT2D eigenvalue weighted by atomic mass is 10.2. The first-order valence-electron chi connectivity index (χ1n) is 7.23. The van der Waals surface area contributed by atoms with Gasteiger partial charge in [-0.25, -0.2) is 12.7 Å². The Hall–Kier alpha value is -0.660. The van der Waals surface area contributed by atoms with Crippen LogP contribution in [0, 0.1) is 0 Å². The minimum absolute atomic E-state index is 0.0209. The molecule has 1 aliphatic heterocycles. The summed E-state index contributed by atoms with van der Waals surface area (Å²) in [5.41, 5.74) is 0. The van der Waals surface area contributed by atoms with Crippen LogP contribution in [-0.4, -0.2) is 68.7 Å². The van der Waals surface area contributed by atoms with E-state index in [1.54, 1.807) is 4.31 Å². The summed E-state index contributed by atoms with van der Waals surface area (Å²) < 4.78 is 30.5. The van der Waals surface area contributed by atoms with E-state index in [1.165, 1.54) is 7.11 Å². The molecule has 6 nitrogen and oxygen atoms in total. The Morgan fingerprint density at radius 1 is 1.35 bits per heavy atom. The standard InChI is InChI=1S/C13H26N2O4S/c1-4-14(5-2)12-8-9-15(11-12)20(17,18)10-6-7-13(16)19-3/h12H,4-11H2,1-3H3. The highest BCUT2D eigenvalue weighted by Crippen LogP contribution is 2.19. The van der Waals surface area contributed by atoms with Gasteiger partial charge in [0.05, 0.1) is 12.9 Å². The Bertz CT molecular complexity index is 407. The first-order valence-corrected chi connectivity index (χ1v) is 8.84. The number of carbonyl (C=O) groups excluding carboxylic acids is 1. The molecule has 0 radical (unpaired) electrons. The molecule has 0 spiro atoms. The molecule has 118 valence electrons. The number of likely N-dealkylation sites (N-methyl/N-ethyl adjacent to an activating group) is 1. The van der Waals surface area contributed by atoms with Gasteiger partial charge >= 0.3 is 5.97 Å². The molecule has 1 aliphatic rings. The second-order valence-electron chi connectivity index (χ2n) is 5.02. The largest absolute Gasteiger partial charge is 0.469 e. The van der Waals surface area contributed by atoms with Crippen molar-refractivity contribution >= 4 is 16.0 Å². The predicted molar refractivity (Wildman–Crippen MR) is 77.9 cm³/mol. The number of hydrogen-bond donors (Lipinski definition) is 0. The Morgan fingerprint density at radius 2 is 2.00 bits per heavy atom. The normalized spacial score (nSPS) is 20.5. The Kier molecular flexibility index (Phi) is 6.91. The second-order valence-corrected chi connectivity index (χ2v) is 7.11. The molecule has 0 aromatic heterocycles. The Morgan fingerprint density at radius 3 is 2.55 bits per heavy atom. The van der Waals surface area contributed by atoms with Gasteiger partial charge in [-0.2, -0.15) is 0 Å². The zero-order valence-electron chi connectivity index (χ0n) is 12.7. The molecule has 1 heterocycles. The molecular weight excluding hydrogens is 280 g/mol. The maximum atomic E-state index is 12.2. The fourth-order valence-electron chi connectivity index (χ4n) is 2.63. The molecule has 0 aromatic carbocycles. The molecule has 0 N–H and O–H groups in total. The molecular formula is C13H26N2O4S. The van der Waals surface area contributed by atoms with E-state index in [9.17, 15) is 13.2 Å². The lowest BCUT2D eigenvalue weighted by Gasteiger charge is -2.26. The van der Waals surface area contributed by atoms with Gasteiger partial charge < -0.3 is 4.74 Å². The first kappa shape index (κ1) is 17.4. The Balaban J connectivity index is 2.47. The number of ether oxygens (including phenoxy) is 1. The van der Waals surface area contributed by atoms with Crippen molar-refractivity contribution in [1.82, 2.24) is 9.21 Å². The van der Waals surface area contributed by atoms with Crippen molar-refractivity contribution in [3.05, 3.63) is 0 Å². The minimum atomic E-state index is -3.25. The van der Waals surface area contributed by atoms with Gasteiger partial charge in [-0.1, -0.05) is 13.8 Å². The average molecular weight is 306 g/mol. The molecule has 0 bridgehead atoms. The van der Waals surface area contributed by atoms with E-state index in [4.69, 9.17) is 0 Å². The molecule has 0 amide bonds. The summed E-state index contributed by atoms with van der Waals surface area (Å²) in [5, 5.41) is 0. The summed E-state index contributed by atoms with van der Waals surface area (Å²) in [6.45, 7) is 7.23. The van der Waals surface area contributed by atoms with E-state index in [2.05, 4.69) is 23.5 Å². The van der Waals surface area contributed by atoms with Crippen LogP contribution in [0.3, 0.4) is 0 Å². The maximum Gasteiger partial charge on any atom is 0.305 e. The third-order valence-corrected chi connectivity index (χ3v) is 5.78. The third kappa shape index (κ3) is 4.71. The fraction of sp³-hybridized carbons (Fsp3) is 0.923. The summed E-state index contributed by atoms with van der Waals surface area (Å²) >= 11 is 0. The van der Waals surface area contributed by atoms with E-state index >= 15 is 0 Å². The average Bonchev–Trinajstić information content (AvgIpc) is 2.90. The van der Waals surface area contributed by atoms with Crippen molar-refractivity contribution in [2.45, 2.75) is 39.2 Å². The van der Waals surface area contributed by atoms with Crippen LogP contribution in [0.25, 0.3) is 0 Å². The molecule has 1 unspecified atom stereocenters. The number of sulfonamides is 1. The van der Waals surface area contributed by atoms with Crippen molar-refractivity contribution in [3.63, 3.8) is 0 Å². The van der Waals surface area contributed by atoms with E-state index < -0.39 is 10.0 Å². The van der Waals surface area contributed by atoms with Gasteiger partial charge in [0.2, 0.25) is 10.0 Å². The van der Waals surface area contributed by atoms with Crippen LogP contribution in [0.1, 0.15) is 33.1 Å². The highest BCUT2D eigenvalue weighted by atomic mass is 32.2. The van der Waals surface area contributed by atoms with E-state index in [0.717, 1.165) is 19.5 Å². The highest BCUT2D eigenvalue weighted by Gasteiger charge is 2.33. The number of hydrogen-bond acceptors (Lipinski definition) is 5. The quantitative estimate of drug-likeness (QED) is 0.617. The lowest BCUT2D eigenvalue weighted by Crippen LogP contribution is -2.39. The number of nitrogens with zero attached hydrogens (tertiary/aromatic N) is 2. The summed E-state index contributed by atoms with van der Waals surface area (Å²) in [6.07, 6.45) is 1.36. The van der Waals surface area contributed by atoms with Crippen LogP contribution in [0.5, 0.6) is 0 Å². The molecule has 1 rings (SSSR count). The molecule has 0 aliphatic carbocycles. The van der Waals surface area contributed by atoms with Crippen LogP contribution in [0.4, 0.5) is 0 Å². The van der Waals surface area contributed by atoms with Crippen LogP contribution in [-0.2, 0) is 19.6 Å². The monoisotopic (exact) mass is 306 g/mol. The van der Waals surface area contributed by atoms with Crippen molar-refractivity contribution < 1.29 is 17.9 Å². The molecule has 1 atom stereocenters. The van der Waals surface area contributed by atoms with Gasteiger partial charge in [-0.3, -0.25) is 9.69 Å². The predicted octanol–water partition coefficient (Wildman–Crippen LogP) is 0.686. The number of methoxy groups -OCH3 is 1. The van der Waals surface area contributed by atoms with Gasteiger partial charge in [0.1, 0.15) is 0 Å². The number of esters is 1. The van der Waals surface area contributed by atoms with Gasteiger partial charge in [0.15, 0.2) is 0 Å². The van der Waals surface area contributed by atoms with Crippen molar-refractivity contribution in [3.8, 4) is 0 Å². The zero-order valence-corrected chi connectivity index (χ0v) is 13.5. The van der Waals surface area contributed by atoms with Crippen molar-refractivity contribution in [2.75, 3.05) is 39.0 Å². The summed E-state index contributed by atoms with van der Waals surface area (Å²) in [6, 6.07) is 0.320. The molecule has 0 aromatic rings. The minimum Gasteiger partial charge on any atom is -0.469 e. The zero-order chi connectivity index (χ0) is 15.2. The fourth-order valence-corrected chi connectivity index (χ4v) is 4.18. The summed E-state index contributed by atoms with van der Waals surface area (Å²) in [7, 11) is -1.94. The van der Waals surface area contributed by atoms with Crippen LogP contribution >= 0.6 is 0 Å². The topological polar surface area (TPSA) is 66.9 Å². The van der Waals surface area contributed by atoms with E-state index in [-0.39, 0.29) is 18.1 Å². The summed E-state index contributed by atoms with van der Waals surface area (Å²) in [5.74, 6) is -0.338. The van der Waals surface area contributed by atoms with Crippen LogP contribution < -0.4 is 0 Å². The smallest absolute Gasteiger partial charge is 0.305 e. The van der Waals surface area contributed by atoms with Gasteiger partial charge in [-0.15, -0.1) is 0 Å². The summed E-state index contributed by atoms with van der Waals surface area (Å²) in [4.78, 5) is 13.3. The molecule has 0 saturated carbocycles. The maximum absolute atomic E-state index is 12.2. The van der Waals surface area contributed by atoms with Crippen LogP contribution in [0.2, 0.25) is 0 Å². The van der Waals surface area contributed by atoms with Gasteiger partial charge in [0.25, 0.3) is 0 Å². The SMILES string of the molecule is CCN(CC)C1CCN(S(=O)(=O)CCCC(=O)OC)C1. The molecule has 1 fully saturated rings. The van der Waals surface area contributed by atoms with Gasteiger partial charge in [0, 0.05) is 25.6 Å². The number of carbonyl (C=O) groups is 1. The van der Waals surface area contributed by atoms with Crippen molar-refractivity contribution in [1.29, 1.82) is 0 Å². The van der Waals surface area contributed by atoms with E-state index in [0.29, 0.717) is 25.6 Å². The van der Waals surface area contributed by atoms with Gasteiger partial charge in [-0.05, 0) is 25.9 Å².